The highest BCUT2D eigenvalue weighted by molar-refractivity contribution is 5.89. The SMILES string of the molecule is O=C(NCC1CCCCN1C(=O)Cn1cc(C(F)(F)F)ccc1=O)Nc1ccccc1. The number of para-hydroxylation sites is 1. The van der Waals surface area contributed by atoms with Crippen LogP contribution < -0.4 is 16.2 Å². The summed E-state index contributed by atoms with van der Waals surface area (Å²) in [6.45, 7) is 0.122. The summed E-state index contributed by atoms with van der Waals surface area (Å²) in [4.78, 5) is 38.4. The number of likely N-dealkylation sites (tertiary alicyclic amines) is 1. The monoisotopic (exact) mass is 436 g/mol. The van der Waals surface area contributed by atoms with Crippen LogP contribution in [0.3, 0.4) is 0 Å². The summed E-state index contributed by atoms with van der Waals surface area (Å²) < 4.78 is 39.6. The lowest BCUT2D eigenvalue weighted by Crippen LogP contribution is -2.51. The van der Waals surface area contributed by atoms with Gasteiger partial charge in [-0.15, -0.1) is 0 Å². The molecular formula is C21H23F3N4O3. The summed E-state index contributed by atoms with van der Waals surface area (Å²) in [7, 11) is 0. The highest BCUT2D eigenvalue weighted by atomic mass is 19.4. The number of carbonyl (C=O) groups excluding carboxylic acids is 2. The van der Waals surface area contributed by atoms with Gasteiger partial charge in [-0.1, -0.05) is 18.2 Å². The van der Waals surface area contributed by atoms with Crippen LogP contribution in [0.5, 0.6) is 0 Å². The molecule has 1 atom stereocenters. The molecule has 2 N–H and O–H groups in total. The summed E-state index contributed by atoms with van der Waals surface area (Å²) in [6.07, 6.45) is -1.70. The normalized spacial score (nSPS) is 16.6. The minimum Gasteiger partial charge on any atom is -0.336 e. The molecule has 0 saturated carbocycles. The van der Waals surface area contributed by atoms with E-state index in [4.69, 9.17) is 0 Å². The Bertz CT molecular complexity index is 976. The molecule has 0 aliphatic carbocycles. The standard InChI is InChI=1S/C21H23F3N4O3/c22-21(23,24)15-9-10-18(29)27(13-15)14-19(30)28-11-5-4-8-17(28)12-25-20(31)26-16-6-2-1-3-7-16/h1-3,6-7,9-10,13,17H,4-5,8,11-12,14H2,(H2,25,26,31). The largest absolute Gasteiger partial charge is 0.417 e. The van der Waals surface area contributed by atoms with Gasteiger partial charge in [0.05, 0.1) is 5.56 Å². The molecule has 0 radical (unpaired) electrons. The van der Waals surface area contributed by atoms with E-state index in [1.54, 1.807) is 24.3 Å². The highest BCUT2D eigenvalue weighted by Crippen LogP contribution is 2.28. The van der Waals surface area contributed by atoms with Crippen LogP contribution in [0, 0.1) is 0 Å². The van der Waals surface area contributed by atoms with E-state index < -0.39 is 35.8 Å². The minimum atomic E-state index is -4.61. The first-order chi connectivity index (χ1) is 14.7. The van der Waals surface area contributed by atoms with Crippen molar-refractivity contribution >= 4 is 17.6 Å². The Labute approximate surface area is 176 Å². The lowest BCUT2D eigenvalue weighted by Gasteiger charge is -2.36. The number of urea groups is 1. The first kappa shape index (κ1) is 22.4. The molecule has 1 aliphatic heterocycles. The fraction of sp³-hybridized carbons (Fsp3) is 0.381. The van der Waals surface area contributed by atoms with E-state index >= 15 is 0 Å². The van der Waals surface area contributed by atoms with Gasteiger partial charge in [0.25, 0.3) is 5.56 Å². The Kier molecular flexibility index (Phi) is 6.98. The summed E-state index contributed by atoms with van der Waals surface area (Å²) in [6, 6.07) is 9.65. The van der Waals surface area contributed by atoms with Crippen molar-refractivity contribution in [1.29, 1.82) is 0 Å². The molecule has 1 aromatic carbocycles. The van der Waals surface area contributed by atoms with Crippen molar-refractivity contribution in [3.8, 4) is 0 Å². The second-order valence-electron chi connectivity index (χ2n) is 7.32. The molecule has 3 rings (SSSR count). The fourth-order valence-corrected chi connectivity index (χ4v) is 3.51. The van der Waals surface area contributed by atoms with E-state index in [1.165, 1.54) is 4.90 Å². The maximum absolute atomic E-state index is 12.9. The molecule has 0 bridgehead atoms. The number of piperidine rings is 1. The predicted molar refractivity (Wildman–Crippen MR) is 109 cm³/mol. The summed E-state index contributed by atoms with van der Waals surface area (Å²) >= 11 is 0. The number of aromatic nitrogens is 1. The number of benzene rings is 1. The Morgan fingerprint density at radius 2 is 1.81 bits per heavy atom. The van der Waals surface area contributed by atoms with Crippen LogP contribution in [0.25, 0.3) is 0 Å². The predicted octanol–water partition coefficient (Wildman–Crippen LogP) is 3.07. The van der Waals surface area contributed by atoms with Crippen LogP contribution in [-0.4, -0.2) is 40.5 Å². The van der Waals surface area contributed by atoms with Crippen LogP contribution in [-0.2, 0) is 17.5 Å². The van der Waals surface area contributed by atoms with E-state index in [-0.39, 0.29) is 12.6 Å². The van der Waals surface area contributed by atoms with Gasteiger partial charge in [-0.2, -0.15) is 13.2 Å². The highest BCUT2D eigenvalue weighted by Gasteiger charge is 2.32. The number of halogens is 3. The Morgan fingerprint density at radius 1 is 1.06 bits per heavy atom. The average molecular weight is 436 g/mol. The number of nitrogens with zero attached hydrogens (tertiary/aromatic N) is 2. The van der Waals surface area contributed by atoms with Gasteiger partial charge >= 0.3 is 12.2 Å². The number of hydrogen-bond acceptors (Lipinski definition) is 3. The third-order valence-corrected chi connectivity index (χ3v) is 5.09. The van der Waals surface area contributed by atoms with Gasteiger partial charge in [0.2, 0.25) is 5.91 Å². The molecule has 10 heteroatoms. The molecule has 1 aliphatic rings. The van der Waals surface area contributed by atoms with Gasteiger partial charge in [-0.25, -0.2) is 4.79 Å². The first-order valence-electron chi connectivity index (χ1n) is 9.91. The zero-order chi connectivity index (χ0) is 22.4. The van der Waals surface area contributed by atoms with Crippen LogP contribution in [0.2, 0.25) is 0 Å². The number of nitrogens with one attached hydrogen (secondary N) is 2. The topological polar surface area (TPSA) is 83.4 Å². The molecule has 0 spiro atoms. The Hall–Kier alpha value is -3.30. The fourth-order valence-electron chi connectivity index (χ4n) is 3.51. The molecule has 7 nitrogen and oxygen atoms in total. The third-order valence-electron chi connectivity index (χ3n) is 5.09. The van der Waals surface area contributed by atoms with Crippen molar-refractivity contribution < 1.29 is 22.8 Å². The summed E-state index contributed by atoms with van der Waals surface area (Å²) in [5.74, 6) is -0.462. The zero-order valence-electron chi connectivity index (χ0n) is 16.7. The molecule has 2 heterocycles. The number of carbonyl (C=O) groups is 2. The van der Waals surface area contributed by atoms with E-state index in [0.29, 0.717) is 30.9 Å². The van der Waals surface area contributed by atoms with Crippen molar-refractivity contribution in [1.82, 2.24) is 14.8 Å². The molecule has 1 saturated heterocycles. The maximum atomic E-state index is 12.9. The smallest absolute Gasteiger partial charge is 0.336 e. The van der Waals surface area contributed by atoms with Gasteiger partial charge in [-0.05, 0) is 37.5 Å². The second kappa shape index (κ2) is 9.67. The Morgan fingerprint density at radius 3 is 2.52 bits per heavy atom. The van der Waals surface area contributed by atoms with Crippen molar-refractivity contribution in [2.75, 3.05) is 18.4 Å². The van der Waals surface area contributed by atoms with Gasteiger partial charge < -0.3 is 20.1 Å². The minimum absolute atomic E-state index is 0.196. The number of alkyl halides is 3. The van der Waals surface area contributed by atoms with Gasteiger partial charge in [0, 0.05) is 37.1 Å². The Balaban J connectivity index is 1.63. The van der Waals surface area contributed by atoms with E-state index in [2.05, 4.69) is 10.6 Å². The lowest BCUT2D eigenvalue weighted by molar-refractivity contribution is -0.139. The number of anilines is 1. The first-order valence-corrected chi connectivity index (χ1v) is 9.91. The van der Waals surface area contributed by atoms with Crippen molar-refractivity contribution in [2.45, 2.75) is 38.0 Å². The van der Waals surface area contributed by atoms with Crippen molar-refractivity contribution in [2.24, 2.45) is 0 Å². The van der Waals surface area contributed by atoms with Gasteiger partial charge in [-0.3, -0.25) is 9.59 Å². The number of amides is 3. The molecule has 1 unspecified atom stereocenters. The molecule has 2 aromatic rings. The molecule has 1 fully saturated rings. The van der Waals surface area contributed by atoms with Crippen molar-refractivity contribution in [3.05, 3.63) is 64.6 Å². The maximum Gasteiger partial charge on any atom is 0.417 e. The molecular weight excluding hydrogens is 413 g/mol. The molecule has 31 heavy (non-hydrogen) atoms. The molecule has 1 aromatic heterocycles. The van der Waals surface area contributed by atoms with Crippen LogP contribution in [0.15, 0.2) is 53.5 Å². The number of hydrogen-bond donors (Lipinski definition) is 2. The zero-order valence-corrected chi connectivity index (χ0v) is 16.7. The summed E-state index contributed by atoms with van der Waals surface area (Å²) in [5, 5.41) is 5.42. The van der Waals surface area contributed by atoms with Crippen LogP contribution >= 0.6 is 0 Å². The number of pyridine rings is 1. The van der Waals surface area contributed by atoms with E-state index in [1.807, 2.05) is 6.07 Å². The van der Waals surface area contributed by atoms with E-state index in [0.717, 1.165) is 23.5 Å². The number of rotatable bonds is 5. The van der Waals surface area contributed by atoms with Gasteiger partial charge in [0.1, 0.15) is 6.54 Å². The quantitative estimate of drug-likeness (QED) is 0.756. The summed E-state index contributed by atoms with van der Waals surface area (Å²) in [5.41, 5.74) is -1.05. The van der Waals surface area contributed by atoms with Crippen LogP contribution in [0.4, 0.5) is 23.7 Å². The van der Waals surface area contributed by atoms with E-state index in [9.17, 15) is 27.6 Å². The molecule has 3 amide bonds. The van der Waals surface area contributed by atoms with Gasteiger partial charge in [0.15, 0.2) is 0 Å². The van der Waals surface area contributed by atoms with Crippen molar-refractivity contribution in [3.63, 3.8) is 0 Å². The lowest BCUT2D eigenvalue weighted by atomic mass is 10.0. The third kappa shape index (κ3) is 6.09. The molecule has 166 valence electrons. The average Bonchev–Trinajstić information content (AvgIpc) is 2.74. The van der Waals surface area contributed by atoms with Crippen LogP contribution in [0.1, 0.15) is 24.8 Å². The second-order valence-corrected chi connectivity index (χ2v) is 7.32.